The normalized spacial score (nSPS) is 14.8. The number of carbonyl (C=O) groups is 2. The lowest BCUT2D eigenvalue weighted by Gasteiger charge is -2.14. The monoisotopic (exact) mass is 500 g/mol. The van der Waals surface area contributed by atoms with Crippen LogP contribution in [-0.2, 0) is 16.2 Å². The third kappa shape index (κ3) is 4.47. The predicted octanol–water partition coefficient (Wildman–Crippen LogP) is 5.28. The van der Waals surface area contributed by atoms with Crippen LogP contribution in [0.3, 0.4) is 0 Å². The van der Waals surface area contributed by atoms with Crippen LogP contribution in [0.4, 0.5) is 10.1 Å². The Morgan fingerprint density at radius 3 is 2.48 bits per heavy atom. The van der Waals surface area contributed by atoms with Gasteiger partial charge in [-0.2, -0.15) is 0 Å². The number of carbonyl (C=O) groups excluding carboxylic acids is 2. The Morgan fingerprint density at radius 1 is 1.06 bits per heavy atom. The van der Waals surface area contributed by atoms with E-state index in [2.05, 4.69) is 21.4 Å². The van der Waals surface area contributed by atoms with Crippen LogP contribution < -0.4 is 15.2 Å². The lowest BCUT2D eigenvalue weighted by Crippen LogP contribution is -2.35. The summed E-state index contributed by atoms with van der Waals surface area (Å²) in [6, 6.07) is 18.3. The molecule has 0 aromatic heterocycles. The lowest BCUT2D eigenvalue weighted by molar-refractivity contribution is -0.117. The molecule has 1 N–H and O–H groups in total. The molecule has 5 nitrogen and oxygen atoms in total. The largest absolute Gasteiger partial charge is 0.486 e. The highest BCUT2D eigenvalue weighted by atomic mass is 79.9. The van der Waals surface area contributed by atoms with Gasteiger partial charge < -0.3 is 4.74 Å². The van der Waals surface area contributed by atoms with Gasteiger partial charge in [0.2, 0.25) is 0 Å². The van der Waals surface area contributed by atoms with Gasteiger partial charge >= 0.3 is 0 Å². The van der Waals surface area contributed by atoms with E-state index in [0.29, 0.717) is 27.0 Å². The minimum atomic E-state index is -0.513. The number of nitrogens with one attached hydrogen (secondary N) is 1. The van der Waals surface area contributed by atoms with E-state index >= 15 is 0 Å². The molecule has 0 aliphatic carbocycles. The molecule has 0 bridgehead atoms. The van der Waals surface area contributed by atoms with Gasteiger partial charge in [-0.25, -0.2) is 9.40 Å². The second kappa shape index (κ2) is 8.91. The quantitative estimate of drug-likeness (QED) is 0.382. The highest BCUT2D eigenvalue weighted by Gasteiger charge is 2.34. The van der Waals surface area contributed by atoms with E-state index in [1.807, 2.05) is 6.07 Å². The molecule has 31 heavy (non-hydrogen) atoms. The van der Waals surface area contributed by atoms with Crippen molar-refractivity contribution in [1.29, 1.82) is 0 Å². The lowest BCUT2D eigenvalue weighted by atomic mass is 10.1. The maximum atomic E-state index is 13.8. The van der Waals surface area contributed by atoms with Gasteiger partial charge in [0.15, 0.2) is 5.75 Å². The summed E-state index contributed by atoms with van der Waals surface area (Å²) in [4.78, 5) is 25.1. The maximum absolute atomic E-state index is 13.8. The summed E-state index contributed by atoms with van der Waals surface area (Å²) in [5.41, 5.74) is 4.01. The van der Waals surface area contributed by atoms with Crippen molar-refractivity contribution in [2.24, 2.45) is 0 Å². The van der Waals surface area contributed by atoms with Gasteiger partial charge in [0.05, 0.1) is 15.2 Å². The molecule has 1 aliphatic heterocycles. The summed E-state index contributed by atoms with van der Waals surface area (Å²) in [5, 5.41) is 1.44. The van der Waals surface area contributed by atoms with E-state index < -0.39 is 11.8 Å². The van der Waals surface area contributed by atoms with E-state index in [0.717, 1.165) is 0 Å². The highest BCUT2D eigenvalue weighted by Crippen LogP contribution is 2.36. The van der Waals surface area contributed by atoms with E-state index in [1.165, 1.54) is 17.2 Å². The van der Waals surface area contributed by atoms with Gasteiger partial charge in [0.25, 0.3) is 11.8 Å². The highest BCUT2D eigenvalue weighted by molar-refractivity contribution is 9.10. The predicted molar refractivity (Wildman–Crippen MR) is 120 cm³/mol. The second-order valence-electron chi connectivity index (χ2n) is 6.67. The van der Waals surface area contributed by atoms with Crippen molar-refractivity contribution in [3.8, 4) is 5.75 Å². The van der Waals surface area contributed by atoms with Crippen LogP contribution in [0.15, 0.2) is 76.8 Å². The summed E-state index contributed by atoms with van der Waals surface area (Å²) >= 11 is 9.74. The number of amides is 2. The van der Waals surface area contributed by atoms with Gasteiger partial charge in [-0.1, -0.05) is 48.0 Å². The summed E-state index contributed by atoms with van der Waals surface area (Å²) in [5.74, 6) is -1.02. The summed E-state index contributed by atoms with van der Waals surface area (Å²) in [6.07, 6.45) is 1.46. The first-order chi connectivity index (χ1) is 14.9. The summed E-state index contributed by atoms with van der Waals surface area (Å²) in [7, 11) is 0. The number of ether oxygens (including phenoxy) is 1. The molecule has 1 aliphatic rings. The van der Waals surface area contributed by atoms with Crippen molar-refractivity contribution in [3.63, 3.8) is 0 Å². The Kier molecular flexibility index (Phi) is 6.06. The van der Waals surface area contributed by atoms with Gasteiger partial charge in [-0.3, -0.25) is 15.0 Å². The fraction of sp³-hybridized carbons (Fsp3) is 0.0435. The van der Waals surface area contributed by atoms with Crippen LogP contribution in [0, 0.1) is 5.82 Å². The third-order valence-electron chi connectivity index (χ3n) is 4.57. The molecule has 156 valence electrons. The number of hydrogen-bond acceptors (Lipinski definition) is 3. The first kappa shape index (κ1) is 21.1. The molecular weight excluding hydrogens is 487 g/mol. The number of para-hydroxylation sites is 1. The van der Waals surface area contributed by atoms with Crippen LogP contribution in [0.5, 0.6) is 5.75 Å². The van der Waals surface area contributed by atoms with E-state index in [1.54, 1.807) is 54.6 Å². The molecule has 3 aromatic rings. The van der Waals surface area contributed by atoms with Gasteiger partial charge in [-0.05, 0) is 57.9 Å². The standard InChI is InChI=1S/C23H15BrClFN2O3/c24-18-11-14(12-19(25)21(18)31-13-15-6-4-5-9-20(15)26)10-17-22(29)27-28(23(17)30)16-7-2-1-3-8-16/h1-12H,13H2,(H,27,29)/b17-10-. The molecule has 8 heteroatoms. The fourth-order valence-corrected chi connectivity index (χ4v) is 4.04. The van der Waals surface area contributed by atoms with Gasteiger partial charge in [0.1, 0.15) is 18.0 Å². The molecule has 0 unspecified atom stereocenters. The fourth-order valence-electron chi connectivity index (χ4n) is 3.05. The van der Waals surface area contributed by atoms with Crippen molar-refractivity contribution < 1.29 is 18.7 Å². The number of nitrogens with zero attached hydrogens (tertiary/aromatic N) is 1. The Bertz CT molecular complexity index is 1180. The third-order valence-corrected chi connectivity index (χ3v) is 5.44. The van der Waals surface area contributed by atoms with Crippen LogP contribution in [0.1, 0.15) is 11.1 Å². The zero-order valence-electron chi connectivity index (χ0n) is 15.9. The molecule has 3 aromatic carbocycles. The topological polar surface area (TPSA) is 58.6 Å². The number of hydrazine groups is 1. The number of anilines is 1. The van der Waals surface area contributed by atoms with Crippen molar-refractivity contribution in [3.05, 3.63) is 98.7 Å². The Morgan fingerprint density at radius 2 is 1.77 bits per heavy atom. The molecular formula is C23H15BrClFN2O3. The minimum absolute atomic E-state index is 0.00163. The molecule has 2 amide bonds. The van der Waals surface area contributed by atoms with Crippen LogP contribution in [0.2, 0.25) is 5.02 Å². The SMILES string of the molecule is O=C1NN(c2ccccc2)C(=O)/C1=C\c1cc(Cl)c(OCc2ccccc2F)c(Br)c1. The molecule has 0 saturated carbocycles. The Hall–Kier alpha value is -3.16. The van der Waals surface area contributed by atoms with Crippen LogP contribution in [0.25, 0.3) is 6.08 Å². The van der Waals surface area contributed by atoms with Gasteiger partial charge in [-0.15, -0.1) is 0 Å². The smallest absolute Gasteiger partial charge is 0.282 e. The van der Waals surface area contributed by atoms with Crippen molar-refractivity contribution in [2.45, 2.75) is 6.61 Å². The van der Waals surface area contributed by atoms with E-state index in [9.17, 15) is 14.0 Å². The molecule has 0 spiro atoms. The average molecular weight is 502 g/mol. The zero-order valence-corrected chi connectivity index (χ0v) is 18.3. The maximum Gasteiger partial charge on any atom is 0.282 e. The van der Waals surface area contributed by atoms with Gasteiger partial charge in [0, 0.05) is 5.56 Å². The van der Waals surface area contributed by atoms with Crippen LogP contribution in [-0.4, -0.2) is 11.8 Å². The zero-order chi connectivity index (χ0) is 22.0. The van der Waals surface area contributed by atoms with Crippen molar-refractivity contribution in [2.75, 3.05) is 5.01 Å². The molecule has 1 fully saturated rings. The first-order valence-corrected chi connectivity index (χ1v) is 10.4. The van der Waals surface area contributed by atoms with E-state index in [4.69, 9.17) is 16.3 Å². The molecule has 1 heterocycles. The molecule has 4 rings (SSSR count). The second-order valence-corrected chi connectivity index (χ2v) is 7.93. The number of benzene rings is 3. The molecule has 1 saturated heterocycles. The Balaban J connectivity index is 1.56. The summed E-state index contributed by atoms with van der Waals surface area (Å²) in [6.45, 7) is -0.00163. The van der Waals surface area contributed by atoms with Crippen molar-refractivity contribution in [1.82, 2.24) is 5.43 Å². The Labute approximate surface area is 191 Å². The summed E-state index contributed by atoms with van der Waals surface area (Å²) < 4.78 is 20.0. The number of halogens is 3. The minimum Gasteiger partial charge on any atom is -0.486 e. The number of rotatable bonds is 5. The van der Waals surface area contributed by atoms with Crippen LogP contribution >= 0.6 is 27.5 Å². The van der Waals surface area contributed by atoms with E-state index in [-0.39, 0.29) is 23.0 Å². The first-order valence-electron chi connectivity index (χ1n) is 9.21. The average Bonchev–Trinajstić information content (AvgIpc) is 3.03. The molecule has 0 atom stereocenters. The molecule has 0 radical (unpaired) electrons. The number of hydrogen-bond donors (Lipinski definition) is 1. The van der Waals surface area contributed by atoms with Crippen molar-refractivity contribution >= 4 is 51.1 Å².